The average Bonchev–Trinajstić information content (AvgIpc) is 2.91. The number of anilines is 1. The molecule has 0 aliphatic carbocycles. The van der Waals surface area contributed by atoms with E-state index in [1.165, 1.54) is 11.1 Å². The van der Waals surface area contributed by atoms with Crippen LogP contribution in [0.25, 0.3) is 0 Å². The zero-order valence-electron chi connectivity index (χ0n) is 11.6. The Morgan fingerprint density at radius 1 is 1.63 bits per heavy atom. The molecule has 1 aromatic heterocycles. The van der Waals surface area contributed by atoms with Crippen molar-refractivity contribution in [3.05, 3.63) is 22.6 Å². The molecule has 1 atom stereocenters. The molecule has 2 heterocycles. The second-order valence-electron chi connectivity index (χ2n) is 4.94. The number of ether oxygens (including phenoxy) is 1. The van der Waals surface area contributed by atoms with Crippen molar-refractivity contribution in [3.8, 4) is 0 Å². The molecule has 1 saturated heterocycles. The molecular weight excluding hydrogens is 244 g/mol. The Labute approximate surface area is 113 Å². The molecule has 1 aromatic rings. The highest BCUT2D eigenvalue weighted by Crippen LogP contribution is 2.08. The minimum Gasteiger partial charge on any atom is -0.383 e. The van der Waals surface area contributed by atoms with Crippen molar-refractivity contribution >= 4 is 5.69 Å². The van der Waals surface area contributed by atoms with Gasteiger partial charge >= 0.3 is 0 Å². The summed E-state index contributed by atoms with van der Waals surface area (Å²) in [5.41, 5.74) is 0.785. The van der Waals surface area contributed by atoms with Crippen LogP contribution in [0.15, 0.2) is 17.1 Å². The van der Waals surface area contributed by atoms with Crippen molar-refractivity contribution in [3.63, 3.8) is 0 Å². The first-order chi connectivity index (χ1) is 9.20. The maximum absolute atomic E-state index is 12.0. The molecule has 0 radical (unpaired) electrons. The summed E-state index contributed by atoms with van der Waals surface area (Å²) in [6.07, 6.45) is 4.03. The van der Waals surface area contributed by atoms with Gasteiger partial charge in [0.2, 0.25) is 0 Å². The molecule has 0 saturated carbocycles. The van der Waals surface area contributed by atoms with E-state index in [1.807, 2.05) is 11.9 Å². The van der Waals surface area contributed by atoms with Gasteiger partial charge in [-0.2, -0.15) is 5.10 Å². The fourth-order valence-corrected chi connectivity index (χ4v) is 2.25. The van der Waals surface area contributed by atoms with E-state index in [0.29, 0.717) is 19.2 Å². The van der Waals surface area contributed by atoms with Gasteiger partial charge in [-0.3, -0.25) is 4.79 Å². The standard InChI is InChI=1S/C13H22N4O2/c1-16(6-7-19-2)12-8-13(18)17(15-9-12)10-11-4-3-5-14-11/h8-9,11,14H,3-7,10H2,1-2H3/t11-/m1/s1. The summed E-state index contributed by atoms with van der Waals surface area (Å²) in [7, 11) is 3.59. The van der Waals surface area contributed by atoms with Crippen molar-refractivity contribution in [2.45, 2.75) is 25.4 Å². The molecule has 19 heavy (non-hydrogen) atoms. The molecule has 0 spiro atoms. The molecule has 106 valence electrons. The Kier molecular flexibility index (Phi) is 4.93. The Balaban J connectivity index is 2.01. The first-order valence-corrected chi connectivity index (χ1v) is 6.71. The topological polar surface area (TPSA) is 59.4 Å². The van der Waals surface area contributed by atoms with E-state index in [4.69, 9.17) is 4.74 Å². The van der Waals surface area contributed by atoms with Crippen LogP contribution < -0.4 is 15.8 Å². The predicted molar refractivity (Wildman–Crippen MR) is 74.7 cm³/mol. The highest BCUT2D eigenvalue weighted by molar-refractivity contribution is 5.41. The molecular formula is C13H22N4O2. The third-order valence-electron chi connectivity index (χ3n) is 3.48. The van der Waals surface area contributed by atoms with Gasteiger partial charge in [-0.1, -0.05) is 0 Å². The van der Waals surface area contributed by atoms with Crippen LogP contribution in [-0.2, 0) is 11.3 Å². The second-order valence-corrected chi connectivity index (χ2v) is 4.94. The molecule has 1 fully saturated rings. The van der Waals surface area contributed by atoms with Gasteiger partial charge in [0.25, 0.3) is 5.56 Å². The third kappa shape index (κ3) is 3.78. The van der Waals surface area contributed by atoms with Crippen molar-refractivity contribution in [2.75, 3.05) is 38.8 Å². The van der Waals surface area contributed by atoms with Gasteiger partial charge < -0.3 is 15.0 Å². The zero-order valence-corrected chi connectivity index (χ0v) is 11.6. The summed E-state index contributed by atoms with van der Waals surface area (Å²) in [4.78, 5) is 14.0. The van der Waals surface area contributed by atoms with Crippen LogP contribution in [0.4, 0.5) is 5.69 Å². The lowest BCUT2D eigenvalue weighted by atomic mass is 10.2. The maximum Gasteiger partial charge on any atom is 0.268 e. The van der Waals surface area contributed by atoms with E-state index >= 15 is 0 Å². The number of aromatic nitrogens is 2. The predicted octanol–water partition coefficient (Wildman–Crippen LogP) is 0.0779. The second kappa shape index (κ2) is 6.68. The Morgan fingerprint density at radius 3 is 3.11 bits per heavy atom. The van der Waals surface area contributed by atoms with E-state index in [-0.39, 0.29) is 5.56 Å². The van der Waals surface area contributed by atoms with Crippen LogP contribution in [0.5, 0.6) is 0 Å². The van der Waals surface area contributed by atoms with E-state index in [1.54, 1.807) is 19.4 Å². The fraction of sp³-hybridized carbons (Fsp3) is 0.692. The maximum atomic E-state index is 12.0. The SMILES string of the molecule is COCCN(C)c1cnn(C[C@H]2CCCN2)c(=O)c1. The highest BCUT2D eigenvalue weighted by Gasteiger charge is 2.15. The van der Waals surface area contributed by atoms with Gasteiger partial charge in [-0.15, -0.1) is 0 Å². The Morgan fingerprint density at radius 2 is 2.47 bits per heavy atom. The Hall–Kier alpha value is -1.40. The van der Waals surface area contributed by atoms with Crippen LogP contribution in [0.2, 0.25) is 0 Å². The quantitative estimate of drug-likeness (QED) is 0.790. The third-order valence-corrected chi connectivity index (χ3v) is 3.48. The lowest BCUT2D eigenvalue weighted by Gasteiger charge is -2.19. The zero-order chi connectivity index (χ0) is 13.7. The molecule has 1 aliphatic rings. The molecule has 0 amide bonds. The normalized spacial score (nSPS) is 18.7. The van der Waals surface area contributed by atoms with Crippen molar-refractivity contribution in [2.24, 2.45) is 0 Å². The summed E-state index contributed by atoms with van der Waals surface area (Å²) in [5.74, 6) is 0. The summed E-state index contributed by atoms with van der Waals surface area (Å²) in [5, 5.41) is 7.62. The minimum atomic E-state index is -0.0459. The molecule has 2 rings (SSSR count). The first kappa shape index (κ1) is 14.0. The summed E-state index contributed by atoms with van der Waals surface area (Å²) >= 11 is 0. The van der Waals surface area contributed by atoms with Gasteiger partial charge in [0.05, 0.1) is 25.0 Å². The number of likely N-dealkylation sites (N-methyl/N-ethyl adjacent to an activating group) is 1. The molecule has 0 bridgehead atoms. The van der Waals surface area contributed by atoms with Crippen LogP contribution in [0, 0.1) is 0 Å². The van der Waals surface area contributed by atoms with Gasteiger partial charge in [0.1, 0.15) is 0 Å². The van der Waals surface area contributed by atoms with Gasteiger partial charge in [-0.05, 0) is 19.4 Å². The lowest BCUT2D eigenvalue weighted by molar-refractivity contribution is 0.206. The van der Waals surface area contributed by atoms with Gasteiger partial charge in [0, 0.05) is 32.8 Å². The minimum absolute atomic E-state index is 0.0459. The van der Waals surface area contributed by atoms with E-state index in [0.717, 1.165) is 25.2 Å². The fourth-order valence-electron chi connectivity index (χ4n) is 2.25. The number of hydrogen-bond acceptors (Lipinski definition) is 5. The van der Waals surface area contributed by atoms with Gasteiger partial charge in [-0.25, -0.2) is 4.68 Å². The molecule has 0 unspecified atom stereocenters. The lowest BCUT2D eigenvalue weighted by Crippen LogP contribution is -2.34. The highest BCUT2D eigenvalue weighted by atomic mass is 16.5. The van der Waals surface area contributed by atoms with Crippen molar-refractivity contribution in [1.82, 2.24) is 15.1 Å². The number of nitrogens with one attached hydrogen (secondary N) is 1. The van der Waals surface area contributed by atoms with Crippen LogP contribution >= 0.6 is 0 Å². The molecule has 0 aromatic carbocycles. The Bertz CT molecular complexity index is 454. The molecule has 1 N–H and O–H groups in total. The van der Waals surface area contributed by atoms with E-state index in [2.05, 4.69) is 10.4 Å². The van der Waals surface area contributed by atoms with E-state index in [9.17, 15) is 4.79 Å². The summed E-state index contributed by atoms with van der Waals surface area (Å²) in [6, 6.07) is 2.01. The van der Waals surface area contributed by atoms with Crippen molar-refractivity contribution in [1.29, 1.82) is 0 Å². The summed E-state index contributed by atoms with van der Waals surface area (Å²) in [6.45, 7) is 3.07. The first-order valence-electron chi connectivity index (χ1n) is 6.71. The van der Waals surface area contributed by atoms with Crippen molar-refractivity contribution < 1.29 is 4.74 Å². The van der Waals surface area contributed by atoms with Gasteiger partial charge in [0.15, 0.2) is 0 Å². The van der Waals surface area contributed by atoms with E-state index < -0.39 is 0 Å². The summed E-state index contributed by atoms with van der Waals surface area (Å²) < 4.78 is 6.56. The largest absolute Gasteiger partial charge is 0.383 e. The van der Waals surface area contributed by atoms with Crippen LogP contribution in [0.1, 0.15) is 12.8 Å². The number of methoxy groups -OCH3 is 1. The van der Waals surface area contributed by atoms with Crippen LogP contribution in [-0.4, -0.2) is 49.7 Å². The average molecular weight is 266 g/mol. The number of nitrogens with zero attached hydrogens (tertiary/aromatic N) is 3. The smallest absolute Gasteiger partial charge is 0.268 e. The monoisotopic (exact) mass is 266 g/mol. The molecule has 1 aliphatic heterocycles. The molecule has 6 heteroatoms. The number of rotatable bonds is 6. The van der Waals surface area contributed by atoms with Crippen LogP contribution in [0.3, 0.4) is 0 Å². The molecule has 6 nitrogen and oxygen atoms in total. The number of hydrogen-bond donors (Lipinski definition) is 1.